The lowest BCUT2D eigenvalue weighted by atomic mass is 10.0. The van der Waals surface area contributed by atoms with Gasteiger partial charge in [-0.15, -0.1) is 0 Å². The van der Waals surface area contributed by atoms with Crippen molar-refractivity contribution < 1.29 is 0 Å². The van der Waals surface area contributed by atoms with Crippen molar-refractivity contribution in [3.63, 3.8) is 0 Å². The predicted octanol–water partition coefficient (Wildman–Crippen LogP) is 10.5. The van der Waals surface area contributed by atoms with Crippen LogP contribution in [-0.4, -0.2) is 19.1 Å². The predicted molar refractivity (Wildman–Crippen MR) is 190 cm³/mol. The third-order valence-corrected chi connectivity index (χ3v) is 8.87. The molecule has 3 aromatic heterocycles. The molecule has 0 aliphatic rings. The summed E-state index contributed by atoms with van der Waals surface area (Å²) in [5.41, 5.74) is 11.4. The lowest BCUT2D eigenvalue weighted by molar-refractivity contribution is 1.09. The highest BCUT2D eigenvalue weighted by Crippen LogP contribution is 2.41. The van der Waals surface area contributed by atoms with Gasteiger partial charge in [-0.05, 0) is 70.8 Å². The maximum absolute atomic E-state index is 4.64. The minimum absolute atomic E-state index is 0.710. The van der Waals surface area contributed by atoms with Gasteiger partial charge < -0.3 is 9.13 Å². The molecule has 0 amide bonds. The van der Waals surface area contributed by atoms with Crippen molar-refractivity contribution in [2.45, 2.75) is 0 Å². The van der Waals surface area contributed by atoms with Crippen LogP contribution in [0.5, 0.6) is 0 Å². The van der Waals surface area contributed by atoms with Crippen LogP contribution in [0.3, 0.4) is 0 Å². The highest BCUT2D eigenvalue weighted by molar-refractivity contribution is 6.13. The zero-order chi connectivity index (χ0) is 30.5. The van der Waals surface area contributed by atoms with E-state index in [2.05, 4.69) is 171 Å². The summed E-state index contributed by atoms with van der Waals surface area (Å²) < 4.78 is 4.70. The fourth-order valence-corrected chi connectivity index (χ4v) is 6.76. The van der Waals surface area contributed by atoms with Gasteiger partial charge in [-0.2, -0.15) is 0 Å². The Kier molecular flexibility index (Phi) is 6.10. The van der Waals surface area contributed by atoms with E-state index in [0.29, 0.717) is 5.82 Å². The van der Waals surface area contributed by atoms with Crippen molar-refractivity contribution in [1.82, 2.24) is 19.1 Å². The molecule has 0 radical (unpaired) electrons. The van der Waals surface area contributed by atoms with E-state index in [1.165, 1.54) is 33.0 Å². The Morgan fingerprint density at radius 1 is 0.435 bits per heavy atom. The summed E-state index contributed by atoms with van der Waals surface area (Å²) in [5.74, 6) is 0.710. The smallest absolute Gasteiger partial charge is 0.161 e. The van der Waals surface area contributed by atoms with Gasteiger partial charge in [0.25, 0.3) is 0 Å². The largest absolute Gasteiger partial charge is 0.314 e. The molecule has 9 aromatic rings. The number of nitrogens with zero attached hydrogens (tertiary/aromatic N) is 4. The maximum Gasteiger partial charge on any atom is 0.161 e. The quantitative estimate of drug-likeness (QED) is 0.200. The second kappa shape index (κ2) is 10.7. The molecular formula is C42H28N4. The molecule has 0 atom stereocenters. The van der Waals surface area contributed by atoms with Gasteiger partial charge in [0.15, 0.2) is 5.82 Å². The van der Waals surface area contributed by atoms with Gasteiger partial charge in [-0.1, -0.05) is 103 Å². The minimum atomic E-state index is 0.710. The molecule has 0 unspecified atom stereocenters. The molecule has 0 aliphatic heterocycles. The summed E-state index contributed by atoms with van der Waals surface area (Å²) in [4.78, 5) is 9.29. The van der Waals surface area contributed by atoms with Gasteiger partial charge >= 0.3 is 0 Å². The van der Waals surface area contributed by atoms with Crippen molar-refractivity contribution >= 4 is 32.7 Å². The van der Waals surface area contributed by atoms with E-state index in [0.717, 1.165) is 38.9 Å². The number of para-hydroxylation sites is 2. The Labute approximate surface area is 266 Å². The van der Waals surface area contributed by atoms with Gasteiger partial charge in [-0.25, -0.2) is 9.97 Å². The van der Waals surface area contributed by atoms with Crippen LogP contribution >= 0.6 is 0 Å². The van der Waals surface area contributed by atoms with Crippen molar-refractivity contribution in [2.75, 3.05) is 0 Å². The molecule has 6 aromatic carbocycles. The van der Waals surface area contributed by atoms with Crippen molar-refractivity contribution in [3.05, 3.63) is 170 Å². The molecule has 9 rings (SSSR count). The monoisotopic (exact) mass is 588 g/mol. The summed E-state index contributed by atoms with van der Waals surface area (Å²) in [7, 11) is 0. The van der Waals surface area contributed by atoms with Gasteiger partial charge in [0, 0.05) is 46.0 Å². The van der Waals surface area contributed by atoms with E-state index >= 15 is 0 Å². The first-order valence-corrected chi connectivity index (χ1v) is 15.5. The van der Waals surface area contributed by atoms with Crippen LogP contribution < -0.4 is 0 Å². The van der Waals surface area contributed by atoms with Crippen molar-refractivity contribution in [2.24, 2.45) is 0 Å². The molecule has 0 spiro atoms. The van der Waals surface area contributed by atoms with E-state index in [1.54, 1.807) is 12.4 Å². The minimum Gasteiger partial charge on any atom is -0.314 e. The van der Waals surface area contributed by atoms with Crippen LogP contribution in [-0.2, 0) is 0 Å². The van der Waals surface area contributed by atoms with Crippen LogP contribution in [0.2, 0.25) is 0 Å². The van der Waals surface area contributed by atoms with Crippen molar-refractivity contribution in [3.8, 4) is 45.0 Å². The first-order valence-electron chi connectivity index (χ1n) is 15.5. The van der Waals surface area contributed by atoms with Gasteiger partial charge in [0.2, 0.25) is 0 Å². The van der Waals surface area contributed by atoms with E-state index in [1.807, 2.05) is 6.07 Å². The van der Waals surface area contributed by atoms with Crippen LogP contribution in [0.1, 0.15) is 0 Å². The summed E-state index contributed by atoms with van der Waals surface area (Å²) in [6, 6.07) is 53.9. The zero-order valence-corrected chi connectivity index (χ0v) is 25.0. The zero-order valence-electron chi connectivity index (χ0n) is 25.0. The number of benzene rings is 6. The molecule has 0 aliphatic carbocycles. The Hall–Kier alpha value is -6.26. The Morgan fingerprint density at radius 2 is 1.00 bits per heavy atom. The fraction of sp³-hybridized carbons (Fsp3) is 0. The number of rotatable bonds is 5. The highest BCUT2D eigenvalue weighted by Gasteiger charge is 2.21. The van der Waals surface area contributed by atoms with E-state index < -0.39 is 0 Å². The number of fused-ring (bicyclic) bond motifs is 4. The molecule has 216 valence electrons. The molecule has 0 bridgehead atoms. The molecular weight excluding hydrogens is 560 g/mol. The van der Waals surface area contributed by atoms with E-state index in [4.69, 9.17) is 0 Å². The second-order valence-corrected chi connectivity index (χ2v) is 11.5. The summed E-state index contributed by atoms with van der Waals surface area (Å²) in [6.45, 7) is 0. The fourth-order valence-electron chi connectivity index (χ4n) is 6.76. The van der Waals surface area contributed by atoms with Crippen molar-refractivity contribution in [1.29, 1.82) is 0 Å². The average Bonchev–Trinajstić information content (AvgIpc) is 3.69. The van der Waals surface area contributed by atoms with Crippen LogP contribution in [0.4, 0.5) is 0 Å². The first-order chi connectivity index (χ1) is 22.8. The van der Waals surface area contributed by atoms with Gasteiger partial charge in [0.1, 0.15) is 0 Å². The lowest BCUT2D eigenvalue weighted by Crippen LogP contribution is -1.99. The third kappa shape index (κ3) is 4.23. The highest BCUT2D eigenvalue weighted by atomic mass is 15.0. The SMILES string of the molecule is c1ccc(-c2ccc3c(c2)c2cc(-c4ccccc4)ccc2n3-c2cccc3c(-c4ncccn4)cn(-c4ccccc4)c23)cc1. The molecule has 4 heteroatoms. The second-order valence-electron chi connectivity index (χ2n) is 11.5. The molecule has 4 nitrogen and oxygen atoms in total. The molecule has 3 heterocycles. The number of aromatic nitrogens is 4. The summed E-state index contributed by atoms with van der Waals surface area (Å²) >= 11 is 0. The topological polar surface area (TPSA) is 35.6 Å². The summed E-state index contributed by atoms with van der Waals surface area (Å²) in [5, 5.41) is 3.54. The van der Waals surface area contributed by atoms with Crippen LogP contribution in [0.15, 0.2) is 170 Å². The number of hydrogen-bond donors (Lipinski definition) is 0. The van der Waals surface area contributed by atoms with Gasteiger partial charge in [-0.3, -0.25) is 0 Å². The van der Waals surface area contributed by atoms with Crippen LogP contribution in [0, 0.1) is 0 Å². The average molecular weight is 589 g/mol. The first kappa shape index (κ1) is 26.2. The van der Waals surface area contributed by atoms with E-state index in [-0.39, 0.29) is 0 Å². The third-order valence-electron chi connectivity index (χ3n) is 8.87. The van der Waals surface area contributed by atoms with E-state index in [9.17, 15) is 0 Å². The number of hydrogen-bond acceptors (Lipinski definition) is 2. The van der Waals surface area contributed by atoms with Crippen LogP contribution in [0.25, 0.3) is 77.7 Å². The Morgan fingerprint density at radius 3 is 1.59 bits per heavy atom. The molecule has 0 saturated heterocycles. The molecule has 0 N–H and O–H groups in total. The molecule has 0 fully saturated rings. The Bertz CT molecular complexity index is 2400. The Balaban J connectivity index is 1.38. The lowest BCUT2D eigenvalue weighted by Gasteiger charge is -2.14. The molecule has 46 heavy (non-hydrogen) atoms. The summed E-state index contributed by atoms with van der Waals surface area (Å²) in [6.07, 6.45) is 5.78. The van der Waals surface area contributed by atoms with Gasteiger partial charge in [0.05, 0.1) is 22.2 Å². The normalized spacial score (nSPS) is 11.5. The molecule has 0 saturated carbocycles. The standard InChI is InChI=1S/C42H28N4/c1-4-12-29(13-5-1)31-20-22-38-35(26-31)36-27-32(30-14-6-2-7-15-30)21-23-39(36)46(38)40-19-10-18-34-37(42-43-24-11-25-44-42)28-45(41(34)40)33-16-8-3-9-17-33/h1-28H. The maximum atomic E-state index is 4.64.